The van der Waals surface area contributed by atoms with E-state index in [1.54, 1.807) is 14.2 Å². The van der Waals surface area contributed by atoms with Crippen molar-refractivity contribution in [2.24, 2.45) is 0 Å². The molecule has 1 aliphatic rings. The van der Waals surface area contributed by atoms with Gasteiger partial charge in [-0.3, -0.25) is 0 Å². The van der Waals surface area contributed by atoms with Crippen molar-refractivity contribution in [3.63, 3.8) is 0 Å². The summed E-state index contributed by atoms with van der Waals surface area (Å²) in [5.41, 5.74) is 3.41. The van der Waals surface area contributed by atoms with Crippen molar-refractivity contribution in [3.8, 4) is 11.5 Å². The van der Waals surface area contributed by atoms with Gasteiger partial charge in [-0.1, -0.05) is 66.7 Å². The van der Waals surface area contributed by atoms with Gasteiger partial charge in [0.05, 0.1) is 39.1 Å². The van der Waals surface area contributed by atoms with E-state index in [9.17, 15) is 5.11 Å². The van der Waals surface area contributed by atoms with Crippen LogP contribution in [0.1, 0.15) is 29.0 Å². The Kier molecular flexibility index (Phi) is 7.43. The van der Waals surface area contributed by atoms with Crippen LogP contribution in [0.2, 0.25) is 0 Å². The van der Waals surface area contributed by atoms with E-state index in [1.165, 1.54) is 11.1 Å². The van der Waals surface area contributed by atoms with Crippen molar-refractivity contribution in [1.82, 2.24) is 5.32 Å². The molecule has 32 heavy (non-hydrogen) atoms. The molecule has 1 heterocycles. The summed E-state index contributed by atoms with van der Waals surface area (Å²) in [6.07, 6.45) is -0.0393. The number of hydrogen-bond donors (Lipinski definition) is 2. The van der Waals surface area contributed by atoms with E-state index in [0.717, 1.165) is 17.1 Å². The molecule has 1 saturated heterocycles. The first-order chi connectivity index (χ1) is 15.7. The quantitative estimate of drug-likeness (QED) is 0.559. The van der Waals surface area contributed by atoms with Crippen LogP contribution in [0.15, 0.2) is 78.9 Å². The third-order valence-corrected chi connectivity index (χ3v) is 6.17. The van der Waals surface area contributed by atoms with Crippen molar-refractivity contribution in [1.29, 1.82) is 0 Å². The lowest BCUT2D eigenvalue weighted by Gasteiger charge is -2.38. The highest BCUT2D eigenvalue weighted by Crippen LogP contribution is 2.34. The van der Waals surface area contributed by atoms with E-state index in [4.69, 9.17) is 14.2 Å². The van der Waals surface area contributed by atoms with Crippen molar-refractivity contribution >= 4 is 0 Å². The monoisotopic (exact) mass is 433 g/mol. The Morgan fingerprint density at radius 1 is 0.938 bits per heavy atom. The van der Waals surface area contributed by atoms with Crippen molar-refractivity contribution < 1.29 is 19.3 Å². The standard InChI is InChI=1S/C27H31NO4/c1-30-22-14-13-21(25(15-22)31-2)17-28-23-18-32-26(16-24(23)29)27(19-9-5-3-6-10-19)20-11-7-4-8-12-20/h3-15,23-24,26-29H,16-18H2,1-2H3/t23-,24-,26+/m1/s1. The average molecular weight is 434 g/mol. The average Bonchev–Trinajstić information content (AvgIpc) is 2.85. The molecule has 5 nitrogen and oxygen atoms in total. The smallest absolute Gasteiger partial charge is 0.127 e. The van der Waals surface area contributed by atoms with Gasteiger partial charge in [-0.25, -0.2) is 0 Å². The molecule has 0 bridgehead atoms. The summed E-state index contributed by atoms with van der Waals surface area (Å²) < 4.78 is 17.1. The van der Waals surface area contributed by atoms with Crippen LogP contribution in [0, 0.1) is 0 Å². The second-order valence-corrected chi connectivity index (χ2v) is 8.14. The van der Waals surface area contributed by atoms with Crippen LogP contribution in [-0.4, -0.2) is 44.2 Å². The zero-order valence-corrected chi connectivity index (χ0v) is 18.6. The van der Waals surface area contributed by atoms with Crippen LogP contribution in [0.3, 0.4) is 0 Å². The van der Waals surface area contributed by atoms with Crippen molar-refractivity contribution in [2.45, 2.75) is 37.1 Å². The summed E-state index contributed by atoms with van der Waals surface area (Å²) in [4.78, 5) is 0. The number of hydrogen-bond acceptors (Lipinski definition) is 5. The normalized spacial score (nSPS) is 20.8. The minimum Gasteiger partial charge on any atom is -0.497 e. The van der Waals surface area contributed by atoms with Gasteiger partial charge in [0.25, 0.3) is 0 Å². The fourth-order valence-electron chi connectivity index (χ4n) is 4.42. The summed E-state index contributed by atoms with van der Waals surface area (Å²) in [5.74, 6) is 1.59. The minimum absolute atomic E-state index is 0.0784. The number of methoxy groups -OCH3 is 2. The highest BCUT2D eigenvalue weighted by Gasteiger charge is 2.35. The number of rotatable bonds is 8. The van der Waals surface area contributed by atoms with Crippen LogP contribution in [0.25, 0.3) is 0 Å². The summed E-state index contributed by atoms with van der Waals surface area (Å²) in [6.45, 7) is 1.02. The zero-order valence-electron chi connectivity index (χ0n) is 18.6. The molecule has 0 aliphatic carbocycles. The van der Waals surface area contributed by atoms with E-state index in [0.29, 0.717) is 19.6 Å². The van der Waals surface area contributed by atoms with E-state index in [2.05, 4.69) is 53.8 Å². The fourth-order valence-corrected chi connectivity index (χ4v) is 4.42. The van der Waals surface area contributed by atoms with Crippen LogP contribution >= 0.6 is 0 Å². The predicted octanol–water partition coefficient (Wildman–Crippen LogP) is 4.14. The molecule has 0 saturated carbocycles. The molecule has 0 radical (unpaired) electrons. The summed E-state index contributed by atoms with van der Waals surface area (Å²) in [6, 6.07) is 26.4. The molecule has 0 amide bonds. The van der Waals surface area contributed by atoms with E-state index in [1.807, 2.05) is 30.3 Å². The molecule has 1 fully saturated rings. The number of nitrogens with one attached hydrogen (secondary N) is 1. The van der Waals surface area contributed by atoms with E-state index < -0.39 is 6.10 Å². The molecule has 3 aromatic carbocycles. The first-order valence-corrected chi connectivity index (χ1v) is 11.0. The molecule has 168 valence electrons. The number of aliphatic hydroxyl groups is 1. The van der Waals surface area contributed by atoms with Gasteiger partial charge in [0.2, 0.25) is 0 Å². The third kappa shape index (κ3) is 5.13. The Morgan fingerprint density at radius 2 is 1.59 bits per heavy atom. The highest BCUT2D eigenvalue weighted by molar-refractivity contribution is 5.40. The Morgan fingerprint density at radius 3 is 2.16 bits per heavy atom. The number of aliphatic hydroxyl groups excluding tert-OH is 1. The van der Waals surface area contributed by atoms with Crippen molar-refractivity contribution in [2.75, 3.05) is 20.8 Å². The molecule has 2 N–H and O–H groups in total. The Bertz CT molecular complexity index is 940. The maximum absolute atomic E-state index is 11.0. The molecule has 4 rings (SSSR count). The first-order valence-electron chi connectivity index (χ1n) is 11.0. The van der Waals surface area contributed by atoms with Crippen molar-refractivity contribution in [3.05, 3.63) is 95.6 Å². The van der Waals surface area contributed by atoms with E-state index in [-0.39, 0.29) is 18.1 Å². The molecule has 0 spiro atoms. The molecule has 0 aromatic heterocycles. The topological polar surface area (TPSA) is 60.0 Å². The molecule has 0 unspecified atom stereocenters. The van der Waals surface area contributed by atoms with Gasteiger partial charge < -0.3 is 24.6 Å². The van der Waals surface area contributed by atoms with Gasteiger partial charge in [-0.15, -0.1) is 0 Å². The van der Waals surface area contributed by atoms with Crippen LogP contribution < -0.4 is 14.8 Å². The molecule has 3 atom stereocenters. The van der Waals surface area contributed by atoms with E-state index >= 15 is 0 Å². The van der Waals surface area contributed by atoms with Crippen LogP contribution in [-0.2, 0) is 11.3 Å². The molecule has 1 aliphatic heterocycles. The maximum Gasteiger partial charge on any atom is 0.127 e. The summed E-state index contributed by atoms with van der Waals surface area (Å²) >= 11 is 0. The zero-order chi connectivity index (χ0) is 22.3. The predicted molar refractivity (Wildman–Crippen MR) is 125 cm³/mol. The van der Waals surface area contributed by atoms with Crippen LogP contribution in [0.4, 0.5) is 0 Å². The van der Waals surface area contributed by atoms with Gasteiger partial charge in [-0.2, -0.15) is 0 Å². The fraction of sp³-hybridized carbons (Fsp3) is 0.333. The lowest BCUT2D eigenvalue weighted by molar-refractivity contribution is -0.0718. The number of benzene rings is 3. The lowest BCUT2D eigenvalue weighted by Crippen LogP contribution is -2.50. The maximum atomic E-state index is 11.0. The third-order valence-electron chi connectivity index (χ3n) is 6.17. The molecule has 3 aromatic rings. The Hall–Kier alpha value is -2.86. The second kappa shape index (κ2) is 10.6. The first kappa shape index (κ1) is 22.3. The van der Waals surface area contributed by atoms with Gasteiger partial charge in [-0.05, 0) is 17.2 Å². The van der Waals surface area contributed by atoms with Gasteiger partial charge in [0.15, 0.2) is 0 Å². The second-order valence-electron chi connectivity index (χ2n) is 8.14. The van der Waals surface area contributed by atoms with Gasteiger partial charge in [0.1, 0.15) is 11.5 Å². The largest absolute Gasteiger partial charge is 0.497 e. The molecular formula is C27H31NO4. The van der Waals surface area contributed by atoms with Crippen LogP contribution in [0.5, 0.6) is 11.5 Å². The molecule has 5 heteroatoms. The van der Waals surface area contributed by atoms with Gasteiger partial charge in [0, 0.05) is 30.5 Å². The Labute approximate surface area is 190 Å². The number of ether oxygens (including phenoxy) is 3. The highest BCUT2D eigenvalue weighted by atomic mass is 16.5. The van der Waals surface area contributed by atoms with Gasteiger partial charge >= 0.3 is 0 Å². The Balaban J connectivity index is 1.44. The summed E-state index contributed by atoms with van der Waals surface area (Å²) in [7, 11) is 3.28. The summed E-state index contributed by atoms with van der Waals surface area (Å²) in [5, 5.41) is 14.4. The SMILES string of the molecule is COc1ccc(CN[C@@H]2CO[C@H](C(c3ccccc3)c3ccccc3)C[C@H]2O)c(OC)c1. The lowest BCUT2D eigenvalue weighted by atomic mass is 9.82. The minimum atomic E-state index is -0.507. The molecular weight excluding hydrogens is 402 g/mol.